The molecule has 1 N–H and O–H groups in total. The SMILES string of the molecule is COc1cccc(CCC(=O)Cc2nnc(CCCCc3nnc(NC(=O)CCc4cccc(OC)c4)s3)s2)c1. The van der Waals surface area contributed by atoms with E-state index in [4.69, 9.17) is 9.47 Å². The molecule has 0 saturated heterocycles. The molecule has 0 aliphatic heterocycles. The Hall–Kier alpha value is -3.70. The quantitative estimate of drug-likeness (QED) is 0.178. The predicted molar refractivity (Wildman–Crippen MR) is 156 cm³/mol. The molecule has 0 bridgehead atoms. The van der Waals surface area contributed by atoms with Gasteiger partial charge in [-0.05, 0) is 61.1 Å². The maximum Gasteiger partial charge on any atom is 0.226 e. The summed E-state index contributed by atoms with van der Waals surface area (Å²) < 4.78 is 10.5. The smallest absolute Gasteiger partial charge is 0.226 e. The van der Waals surface area contributed by atoms with Crippen molar-refractivity contribution in [3.8, 4) is 11.5 Å². The first kappa shape index (κ1) is 29.3. The zero-order valence-electron chi connectivity index (χ0n) is 22.7. The zero-order valence-corrected chi connectivity index (χ0v) is 24.4. The lowest BCUT2D eigenvalue weighted by Crippen LogP contribution is -2.12. The van der Waals surface area contributed by atoms with Crippen LogP contribution in [0.3, 0.4) is 0 Å². The number of rotatable bonds is 16. The molecule has 0 saturated carbocycles. The fraction of sp³-hybridized carbons (Fsp3) is 0.379. The van der Waals surface area contributed by atoms with Gasteiger partial charge in [0.2, 0.25) is 11.0 Å². The van der Waals surface area contributed by atoms with Gasteiger partial charge in [-0.1, -0.05) is 35.6 Å². The topological polar surface area (TPSA) is 116 Å². The number of hydrogen-bond donors (Lipinski definition) is 1. The van der Waals surface area contributed by atoms with Crippen LogP contribution in [0.5, 0.6) is 11.5 Å². The van der Waals surface area contributed by atoms with Crippen LogP contribution >= 0.6 is 22.7 Å². The Kier molecular flexibility index (Phi) is 11.1. The van der Waals surface area contributed by atoms with Crippen LogP contribution in [0.2, 0.25) is 0 Å². The molecular formula is C29H33N5O4S2. The van der Waals surface area contributed by atoms with Crippen molar-refractivity contribution < 1.29 is 19.1 Å². The number of methoxy groups -OCH3 is 2. The number of aromatic nitrogens is 4. The normalized spacial score (nSPS) is 10.8. The lowest BCUT2D eigenvalue weighted by molar-refractivity contribution is -0.118. The van der Waals surface area contributed by atoms with Crippen LogP contribution in [0.15, 0.2) is 48.5 Å². The van der Waals surface area contributed by atoms with Crippen molar-refractivity contribution in [1.82, 2.24) is 20.4 Å². The standard InChI is InChI=1S/C29H33N5O4S2/c1-37-23-9-5-7-20(17-23)13-15-22(35)19-28-33-31-26(39-28)11-3-4-12-27-32-34-29(40-27)30-25(36)16-14-21-8-6-10-24(18-21)38-2/h5-10,17-18H,3-4,11-16,19H2,1-2H3,(H,30,34,36). The Morgan fingerprint density at radius 3 is 1.95 bits per heavy atom. The summed E-state index contributed by atoms with van der Waals surface area (Å²) in [7, 11) is 3.27. The summed E-state index contributed by atoms with van der Waals surface area (Å²) in [4.78, 5) is 24.7. The van der Waals surface area contributed by atoms with E-state index in [-0.39, 0.29) is 11.7 Å². The third-order valence-electron chi connectivity index (χ3n) is 6.20. The van der Waals surface area contributed by atoms with Gasteiger partial charge < -0.3 is 14.8 Å². The molecule has 0 unspecified atom stereocenters. The molecule has 2 heterocycles. The average molecular weight is 580 g/mol. The van der Waals surface area contributed by atoms with Crippen molar-refractivity contribution in [3.63, 3.8) is 0 Å². The minimum Gasteiger partial charge on any atom is -0.497 e. The molecule has 9 nitrogen and oxygen atoms in total. The minimum absolute atomic E-state index is 0.0867. The van der Waals surface area contributed by atoms with E-state index < -0.39 is 0 Å². The Balaban J connectivity index is 1.11. The highest BCUT2D eigenvalue weighted by molar-refractivity contribution is 7.15. The molecule has 11 heteroatoms. The van der Waals surface area contributed by atoms with E-state index in [0.29, 0.717) is 37.2 Å². The number of carbonyl (C=O) groups is 2. The maximum absolute atomic E-state index is 12.4. The van der Waals surface area contributed by atoms with Crippen LogP contribution in [0.25, 0.3) is 0 Å². The van der Waals surface area contributed by atoms with Gasteiger partial charge in [0.05, 0.1) is 20.6 Å². The summed E-state index contributed by atoms with van der Waals surface area (Å²) in [5.74, 6) is 1.65. The second-order valence-electron chi connectivity index (χ2n) is 9.26. The highest BCUT2D eigenvalue weighted by Gasteiger charge is 2.12. The van der Waals surface area contributed by atoms with Gasteiger partial charge in [0.1, 0.15) is 32.3 Å². The third kappa shape index (κ3) is 9.49. The number of nitrogens with zero attached hydrogens (tertiary/aromatic N) is 4. The van der Waals surface area contributed by atoms with Crippen LogP contribution < -0.4 is 14.8 Å². The summed E-state index contributed by atoms with van der Waals surface area (Å²) in [6.45, 7) is 0. The predicted octanol–water partition coefficient (Wildman–Crippen LogP) is 5.29. The van der Waals surface area contributed by atoms with Crippen LogP contribution in [0.4, 0.5) is 5.13 Å². The van der Waals surface area contributed by atoms with Gasteiger partial charge in [0.25, 0.3) is 0 Å². The molecule has 0 aliphatic carbocycles. The third-order valence-corrected chi connectivity index (χ3v) is 8.08. The molecular weight excluding hydrogens is 546 g/mol. The van der Waals surface area contributed by atoms with Crippen LogP contribution in [-0.4, -0.2) is 46.3 Å². The molecule has 40 heavy (non-hydrogen) atoms. The molecule has 0 atom stereocenters. The maximum atomic E-state index is 12.4. The van der Waals surface area contributed by atoms with Gasteiger partial charge in [-0.2, -0.15) is 0 Å². The monoisotopic (exact) mass is 579 g/mol. The number of ketones is 1. The highest BCUT2D eigenvalue weighted by Crippen LogP contribution is 2.20. The number of ether oxygens (including phenoxy) is 2. The summed E-state index contributed by atoms with van der Waals surface area (Å²) in [5.41, 5.74) is 2.13. The second kappa shape index (κ2) is 15.2. The van der Waals surface area contributed by atoms with Gasteiger partial charge in [-0.15, -0.1) is 31.7 Å². The number of hydrogen-bond acceptors (Lipinski definition) is 10. The molecule has 0 spiro atoms. The van der Waals surface area contributed by atoms with E-state index in [0.717, 1.165) is 63.3 Å². The van der Waals surface area contributed by atoms with E-state index in [1.54, 1.807) is 14.2 Å². The summed E-state index contributed by atoms with van der Waals surface area (Å²) in [6, 6.07) is 15.5. The molecule has 0 fully saturated rings. The number of unbranched alkanes of at least 4 members (excludes halogenated alkanes) is 1. The minimum atomic E-state index is -0.0867. The number of Topliss-reactive ketones (excluding diaryl/α,β-unsaturated/α-hetero) is 1. The van der Waals surface area contributed by atoms with Gasteiger partial charge in [-0.25, -0.2) is 0 Å². The van der Waals surface area contributed by atoms with Gasteiger partial charge in [0.15, 0.2) is 0 Å². The Morgan fingerprint density at radius 2 is 1.30 bits per heavy atom. The fourth-order valence-corrected chi connectivity index (χ4v) is 5.77. The van der Waals surface area contributed by atoms with E-state index in [2.05, 4.69) is 25.7 Å². The van der Waals surface area contributed by atoms with Crippen LogP contribution in [0.1, 0.15) is 51.8 Å². The molecule has 2 aromatic heterocycles. The van der Waals surface area contributed by atoms with Crippen LogP contribution in [0, 0.1) is 0 Å². The number of amides is 1. The first-order valence-electron chi connectivity index (χ1n) is 13.2. The first-order valence-corrected chi connectivity index (χ1v) is 14.8. The van der Waals surface area contributed by atoms with Crippen molar-refractivity contribution >= 4 is 39.5 Å². The van der Waals surface area contributed by atoms with Crippen LogP contribution in [-0.2, 0) is 41.7 Å². The molecule has 0 aliphatic rings. The lowest BCUT2D eigenvalue weighted by Gasteiger charge is -2.04. The van der Waals surface area contributed by atoms with E-state index in [1.807, 2.05) is 48.5 Å². The van der Waals surface area contributed by atoms with Gasteiger partial charge in [-0.3, -0.25) is 9.59 Å². The van der Waals surface area contributed by atoms with Crippen molar-refractivity contribution in [1.29, 1.82) is 0 Å². The molecule has 0 radical (unpaired) electrons. The van der Waals surface area contributed by atoms with Crippen molar-refractivity contribution in [2.24, 2.45) is 0 Å². The molecule has 4 rings (SSSR count). The Morgan fingerprint density at radius 1 is 0.725 bits per heavy atom. The summed E-state index contributed by atoms with van der Waals surface area (Å²) in [6.07, 6.45) is 5.90. The number of anilines is 1. The van der Waals surface area contributed by atoms with Crippen molar-refractivity contribution in [2.45, 2.75) is 57.8 Å². The van der Waals surface area contributed by atoms with E-state index >= 15 is 0 Å². The zero-order chi connectivity index (χ0) is 28.2. The van der Waals surface area contributed by atoms with Crippen molar-refractivity contribution in [2.75, 3.05) is 19.5 Å². The number of aryl methyl sites for hydroxylation is 4. The second-order valence-corrected chi connectivity index (χ2v) is 11.5. The van der Waals surface area contributed by atoms with Crippen molar-refractivity contribution in [3.05, 3.63) is 74.7 Å². The fourth-order valence-electron chi connectivity index (χ4n) is 4.05. The lowest BCUT2D eigenvalue weighted by atomic mass is 10.1. The molecule has 1 amide bonds. The average Bonchev–Trinajstić information content (AvgIpc) is 3.62. The number of carbonyl (C=O) groups excluding carboxylic acids is 2. The Labute approximate surface area is 242 Å². The van der Waals surface area contributed by atoms with Gasteiger partial charge >= 0.3 is 0 Å². The van der Waals surface area contributed by atoms with E-state index in [1.165, 1.54) is 22.7 Å². The summed E-state index contributed by atoms with van der Waals surface area (Å²) in [5, 5.41) is 22.8. The Bertz CT molecular complexity index is 1300. The first-order chi connectivity index (χ1) is 19.5. The number of nitrogens with one attached hydrogen (secondary N) is 1. The van der Waals surface area contributed by atoms with Gasteiger partial charge in [0, 0.05) is 25.7 Å². The molecule has 210 valence electrons. The highest BCUT2D eigenvalue weighted by atomic mass is 32.1. The summed E-state index contributed by atoms with van der Waals surface area (Å²) >= 11 is 2.92. The molecule has 4 aromatic rings. The molecule has 2 aromatic carbocycles. The van der Waals surface area contributed by atoms with E-state index in [9.17, 15) is 9.59 Å². The largest absolute Gasteiger partial charge is 0.497 e. The number of benzene rings is 2.